The third kappa shape index (κ3) is 4.28. The molecular weight excluding hydrogens is 404 g/mol. The number of fused-ring (bicyclic) bond motifs is 1. The Kier molecular flexibility index (Phi) is 6.07. The number of ether oxygens (including phenoxy) is 1. The zero-order chi connectivity index (χ0) is 19.4. The van der Waals surface area contributed by atoms with Crippen molar-refractivity contribution in [1.29, 1.82) is 0 Å². The molecule has 0 saturated carbocycles. The smallest absolute Gasteiger partial charge is 0.317 e. The number of carbonyl (C=O) groups is 2. The van der Waals surface area contributed by atoms with Crippen molar-refractivity contribution < 1.29 is 14.3 Å². The fraction of sp³-hybridized carbons (Fsp3) is 0.217. The summed E-state index contributed by atoms with van der Waals surface area (Å²) in [7, 11) is 0. The number of hydrogen-bond acceptors (Lipinski definition) is 3. The highest BCUT2D eigenvalue weighted by atomic mass is 79.9. The molecule has 4 heteroatoms. The maximum absolute atomic E-state index is 12.7. The summed E-state index contributed by atoms with van der Waals surface area (Å²) in [5.74, 6) is -1.82. The molecular formula is C23H21BrO3. The number of Topliss-reactive ketones (excluding diaryl/α,β-unsaturated/α-hetero) is 1. The van der Waals surface area contributed by atoms with Crippen molar-refractivity contribution in [1.82, 2.24) is 0 Å². The van der Waals surface area contributed by atoms with E-state index in [9.17, 15) is 9.59 Å². The standard InChI is InChI=1S/C23H21BrO3/c1-15(19-13-12-18-10-6-7-11-20(18)22(19)24)21(16(2)25)23(26)27-14-17-8-4-3-5-9-17/h3-13,15,21H,14H2,1-2H3. The van der Waals surface area contributed by atoms with Gasteiger partial charge in [0.15, 0.2) is 0 Å². The molecule has 138 valence electrons. The number of rotatable bonds is 6. The predicted octanol–water partition coefficient (Wildman–Crippen LogP) is 5.65. The van der Waals surface area contributed by atoms with E-state index in [-0.39, 0.29) is 18.3 Å². The van der Waals surface area contributed by atoms with Crippen LogP contribution in [0.5, 0.6) is 0 Å². The van der Waals surface area contributed by atoms with Crippen LogP contribution in [0.2, 0.25) is 0 Å². The second-order valence-corrected chi connectivity index (χ2v) is 7.45. The van der Waals surface area contributed by atoms with E-state index in [1.807, 2.05) is 73.7 Å². The second kappa shape index (κ2) is 8.49. The Balaban J connectivity index is 1.85. The minimum atomic E-state index is -0.842. The van der Waals surface area contributed by atoms with E-state index >= 15 is 0 Å². The lowest BCUT2D eigenvalue weighted by Gasteiger charge is -2.22. The molecule has 0 radical (unpaired) electrons. The van der Waals surface area contributed by atoms with Gasteiger partial charge in [-0.2, -0.15) is 0 Å². The van der Waals surface area contributed by atoms with Gasteiger partial charge in [0.1, 0.15) is 18.3 Å². The van der Waals surface area contributed by atoms with Gasteiger partial charge in [0, 0.05) is 10.4 Å². The topological polar surface area (TPSA) is 43.4 Å². The first kappa shape index (κ1) is 19.3. The number of carbonyl (C=O) groups excluding carboxylic acids is 2. The van der Waals surface area contributed by atoms with E-state index in [2.05, 4.69) is 15.9 Å². The molecule has 0 saturated heterocycles. The molecule has 2 unspecified atom stereocenters. The van der Waals surface area contributed by atoms with Gasteiger partial charge in [-0.1, -0.05) is 73.7 Å². The Labute approximate surface area is 167 Å². The average molecular weight is 425 g/mol. The third-order valence-corrected chi connectivity index (χ3v) is 5.68. The molecule has 0 fully saturated rings. The van der Waals surface area contributed by atoms with Gasteiger partial charge in [0.05, 0.1) is 0 Å². The summed E-state index contributed by atoms with van der Waals surface area (Å²) in [6.45, 7) is 3.50. The SMILES string of the molecule is CC(=O)C(C(=O)OCc1ccccc1)C(C)c1ccc2ccccc2c1Br. The maximum Gasteiger partial charge on any atom is 0.317 e. The molecule has 0 bridgehead atoms. The van der Waals surface area contributed by atoms with Gasteiger partial charge < -0.3 is 4.74 Å². The number of esters is 1. The molecule has 2 atom stereocenters. The first-order chi connectivity index (χ1) is 13.0. The first-order valence-corrected chi connectivity index (χ1v) is 9.66. The zero-order valence-electron chi connectivity index (χ0n) is 15.3. The van der Waals surface area contributed by atoms with Crippen LogP contribution in [0.15, 0.2) is 71.2 Å². The minimum Gasteiger partial charge on any atom is -0.460 e. The van der Waals surface area contributed by atoms with Gasteiger partial charge >= 0.3 is 5.97 Å². The van der Waals surface area contributed by atoms with Gasteiger partial charge in [-0.05, 0) is 44.8 Å². The summed E-state index contributed by atoms with van der Waals surface area (Å²) in [4.78, 5) is 25.0. The number of benzene rings is 3. The molecule has 0 N–H and O–H groups in total. The summed E-state index contributed by atoms with van der Waals surface area (Å²) >= 11 is 3.66. The lowest BCUT2D eigenvalue weighted by molar-refractivity contribution is -0.153. The monoisotopic (exact) mass is 424 g/mol. The molecule has 0 spiro atoms. The lowest BCUT2D eigenvalue weighted by Crippen LogP contribution is -2.29. The van der Waals surface area contributed by atoms with Crippen LogP contribution in [-0.4, -0.2) is 11.8 Å². The van der Waals surface area contributed by atoms with Crippen LogP contribution in [-0.2, 0) is 20.9 Å². The van der Waals surface area contributed by atoms with E-state index in [1.165, 1.54) is 6.92 Å². The van der Waals surface area contributed by atoms with Crippen LogP contribution in [0.3, 0.4) is 0 Å². The third-order valence-electron chi connectivity index (χ3n) is 4.80. The summed E-state index contributed by atoms with van der Waals surface area (Å²) in [6.07, 6.45) is 0. The highest BCUT2D eigenvalue weighted by Gasteiger charge is 2.33. The van der Waals surface area contributed by atoms with E-state index in [0.717, 1.165) is 26.4 Å². The average Bonchev–Trinajstić information content (AvgIpc) is 2.67. The second-order valence-electron chi connectivity index (χ2n) is 6.66. The summed E-state index contributed by atoms with van der Waals surface area (Å²) in [5, 5.41) is 2.16. The summed E-state index contributed by atoms with van der Waals surface area (Å²) in [6, 6.07) is 21.4. The zero-order valence-corrected chi connectivity index (χ0v) is 16.9. The highest BCUT2D eigenvalue weighted by Crippen LogP contribution is 2.36. The van der Waals surface area contributed by atoms with Crippen LogP contribution in [0.25, 0.3) is 10.8 Å². The summed E-state index contributed by atoms with van der Waals surface area (Å²) < 4.78 is 6.36. The van der Waals surface area contributed by atoms with Crippen molar-refractivity contribution in [2.24, 2.45) is 5.92 Å². The Morgan fingerprint density at radius 1 is 0.963 bits per heavy atom. The number of halogens is 1. The molecule has 27 heavy (non-hydrogen) atoms. The molecule has 3 aromatic rings. The molecule has 0 heterocycles. The number of hydrogen-bond donors (Lipinski definition) is 0. The molecule has 3 rings (SSSR count). The number of ketones is 1. The fourth-order valence-corrected chi connectivity index (χ4v) is 4.18. The molecule has 0 aromatic heterocycles. The van der Waals surface area contributed by atoms with Crippen molar-refractivity contribution in [3.63, 3.8) is 0 Å². The largest absolute Gasteiger partial charge is 0.460 e. The van der Waals surface area contributed by atoms with Crippen molar-refractivity contribution in [3.8, 4) is 0 Å². The van der Waals surface area contributed by atoms with Crippen LogP contribution in [0.1, 0.15) is 30.9 Å². The molecule has 3 nitrogen and oxygen atoms in total. The highest BCUT2D eigenvalue weighted by molar-refractivity contribution is 9.10. The van der Waals surface area contributed by atoms with Crippen molar-refractivity contribution in [2.75, 3.05) is 0 Å². The van der Waals surface area contributed by atoms with Gasteiger partial charge in [-0.25, -0.2) is 0 Å². The minimum absolute atomic E-state index is 0.162. The molecule has 0 amide bonds. The Hall–Kier alpha value is -2.46. The van der Waals surface area contributed by atoms with Crippen molar-refractivity contribution in [3.05, 3.63) is 82.3 Å². The molecule has 0 aliphatic rings. The Morgan fingerprint density at radius 3 is 2.33 bits per heavy atom. The molecule has 0 aliphatic heterocycles. The van der Waals surface area contributed by atoms with Crippen LogP contribution in [0.4, 0.5) is 0 Å². The van der Waals surface area contributed by atoms with Crippen LogP contribution >= 0.6 is 15.9 Å². The van der Waals surface area contributed by atoms with E-state index in [0.29, 0.717) is 0 Å². The predicted molar refractivity (Wildman–Crippen MR) is 110 cm³/mol. The lowest BCUT2D eigenvalue weighted by atomic mass is 9.84. The van der Waals surface area contributed by atoms with Gasteiger partial charge in [0.2, 0.25) is 0 Å². The quantitative estimate of drug-likeness (QED) is 0.379. The first-order valence-electron chi connectivity index (χ1n) is 8.87. The van der Waals surface area contributed by atoms with Crippen molar-refractivity contribution >= 4 is 38.5 Å². The van der Waals surface area contributed by atoms with Gasteiger partial charge in [-0.15, -0.1) is 0 Å². The maximum atomic E-state index is 12.7. The van der Waals surface area contributed by atoms with E-state index in [4.69, 9.17) is 4.74 Å². The molecule has 0 aliphatic carbocycles. The van der Waals surface area contributed by atoms with E-state index in [1.54, 1.807) is 0 Å². The Morgan fingerprint density at radius 2 is 1.63 bits per heavy atom. The van der Waals surface area contributed by atoms with E-state index < -0.39 is 11.9 Å². The molecule has 3 aromatic carbocycles. The van der Waals surface area contributed by atoms with Crippen LogP contribution in [0, 0.1) is 5.92 Å². The van der Waals surface area contributed by atoms with Gasteiger partial charge in [-0.3, -0.25) is 9.59 Å². The fourth-order valence-electron chi connectivity index (χ4n) is 3.32. The Bertz CT molecular complexity index is 966. The summed E-state index contributed by atoms with van der Waals surface area (Å²) in [5.41, 5.74) is 1.82. The normalized spacial score (nSPS) is 13.1. The van der Waals surface area contributed by atoms with Crippen LogP contribution < -0.4 is 0 Å². The van der Waals surface area contributed by atoms with Gasteiger partial charge in [0.25, 0.3) is 0 Å². The van der Waals surface area contributed by atoms with Crippen molar-refractivity contribution in [2.45, 2.75) is 26.4 Å².